The van der Waals surface area contributed by atoms with Crippen molar-refractivity contribution in [1.82, 2.24) is 19.8 Å². The number of aryl methyl sites for hydroxylation is 1. The van der Waals surface area contributed by atoms with Gasteiger partial charge in [-0.2, -0.15) is 4.52 Å². The molecule has 1 aliphatic heterocycles. The second-order valence-corrected chi connectivity index (χ2v) is 6.87. The Bertz CT molecular complexity index is 944. The summed E-state index contributed by atoms with van der Waals surface area (Å²) in [5.74, 6) is 2.75. The van der Waals surface area contributed by atoms with Crippen molar-refractivity contribution in [3.05, 3.63) is 47.3 Å². The Hall–Kier alpha value is -2.63. The Balaban J connectivity index is 1.56. The summed E-state index contributed by atoms with van der Waals surface area (Å²) >= 11 is 0. The summed E-state index contributed by atoms with van der Waals surface area (Å²) in [7, 11) is 1.73. The van der Waals surface area contributed by atoms with Crippen LogP contribution >= 0.6 is 0 Å². The molecule has 0 radical (unpaired) electrons. The number of ether oxygens (including phenoxy) is 1. The molecule has 2 aliphatic rings. The molecule has 2 aromatic heterocycles. The highest BCUT2D eigenvalue weighted by atomic mass is 16.5. The average Bonchev–Trinajstić information content (AvgIpc) is 3.29. The zero-order valence-electron chi connectivity index (χ0n) is 13.9. The molecular weight excluding hydrogens is 302 g/mol. The molecule has 0 bridgehead atoms. The van der Waals surface area contributed by atoms with Crippen molar-refractivity contribution in [2.75, 3.05) is 18.6 Å². The zero-order valence-corrected chi connectivity index (χ0v) is 13.9. The van der Waals surface area contributed by atoms with Gasteiger partial charge in [0.1, 0.15) is 11.6 Å². The lowest BCUT2D eigenvalue weighted by molar-refractivity contribution is 0.412. The van der Waals surface area contributed by atoms with Crippen molar-refractivity contribution >= 4 is 11.5 Å². The summed E-state index contributed by atoms with van der Waals surface area (Å²) < 4.78 is 7.24. The van der Waals surface area contributed by atoms with Gasteiger partial charge in [-0.3, -0.25) is 0 Å². The molecule has 5 rings (SSSR count). The average molecular weight is 321 g/mol. The maximum absolute atomic E-state index is 5.42. The SMILES string of the molecule is COc1ccc2c(c1)C1(CC1)CN(c1ccc3nnc(C)n3n1)C2. The summed E-state index contributed by atoms with van der Waals surface area (Å²) in [5, 5.41) is 13.0. The first-order chi connectivity index (χ1) is 11.7. The van der Waals surface area contributed by atoms with E-state index in [-0.39, 0.29) is 5.41 Å². The van der Waals surface area contributed by atoms with Crippen LogP contribution in [0.1, 0.15) is 29.8 Å². The van der Waals surface area contributed by atoms with Crippen LogP contribution in [-0.4, -0.2) is 33.5 Å². The van der Waals surface area contributed by atoms with E-state index < -0.39 is 0 Å². The molecule has 6 nitrogen and oxygen atoms in total. The van der Waals surface area contributed by atoms with Crippen LogP contribution in [-0.2, 0) is 12.0 Å². The standard InChI is InChI=1S/C18H19N5O/c1-12-19-20-16-5-6-17(21-23(12)16)22-10-13-3-4-14(24-2)9-15(13)18(11-22)7-8-18/h3-6,9H,7-8,10-11H2,1-2H3. The second kappa shape index (κ2) is 4.69. The van der Waals surface area contributed by atoms with Crippen molar-refractivity contribution in [1.29, 1.82) is 0 Å². The first kappa shape index (κ1) is 13.8. The highest BCUT2D eigenvalue weighted by Gasteiger charge is 2.49. The van der Waals surface area contributed by atoms with Gasteiger partial charge in [0, 0.05) is 18.5 Å². The van der Waals surface area contributed by atoms with Gasteiger partial charge in [0.05, 0.1) is 7.11 Å². The van der Waals surface area contributed by atoms with Gasteiger partial charge in [0.25, 0.3) is 0 Å². The van der Waals surface area contributed by atoms with Gasteiger partial charge in [-0.05, 0) is 55.2 Å². The molecule has 0 N–H and O–H groups in total. The lowest BCUT2D eigenvalue weighted by atomic mass is 9.87. The van der Waals surface area contributed by atoms with Gasteiger partial charge < -0.3 is 9.64 Å². The van der Waals surface area contributed by atoms with Crippen LogP contribution in [0.5, 0.6) is 5.75 Å². The topological polar surface area (TPSA) is 55.5 Å². The highest BCUT2D eigenvalue weighted by molar-refractivity contribution is 5.54. The molecule has 3 aromatic rings. The van der Waals surface area contributed by atoms with E-state index in [4.69, 9.17) is 9.84 Å². The molecule has 0 unspecified atom stereocenters. The third-order valence-electron chi connectivity index (χ3n) is 5.33. The molecule has 0 saturated heterocycles. The van der Waals surface area contributed by atoms with Crippen molar-refractivity contribution in [3.63, 3.8) is 0 Å². The van der Waals surface area contributed by atoms with Crippen molar-refractivity contribution in [2.24, 2.45) is 0 Å². The van der Waals surface area contributed by atoms with Gasteiger partial charge >= 0.3 is 0 Å². The summed E-state index contributed by atoms with van der Waals surface area (Å²) in [6.07, 6.45) is 2.47. The number of nitrogens with zero attached hydrogens (tertiary/aromatic N) is 5. The third kappa shape index (κ3) is 1.92. The fourth-order valence-corrected chi connectivity index (χ4v) is 3.82. The van der Waals surface area contributed by atoms with E-state index in [1.807, 2.05) is 23.6 Å². The Morgan fingerprint density at radius 2 is 2.00 bits per heavy atom. The smallest absolute Gasteiger partial charge is 0.178 e. The number of aromatic nitrogens is 4. The van der Waals surface area contributed by atoms with Gasteiger partial charge in [-0.1, -0.05) is 6.07 Å². The van der Waals surface area contributed by atoms with Crippen LogP contribution in [0.3, 0.4) is 0 Å². The van der Waals surface area contributed by atoms with Crippen molar-refractivity contribution in [2.45, 2.75) is 31.7 Å². The van der Waals surface area contributed by atoms with Gasteiger partial charge in [-0.15, -0.1) is 15.3 Å². The van der Waals surface area contributed by atoms with Crippen LogP contribution in [0.2, 0.25) is 0 Å². The Labute approximate surface area is 140 Å². The lowest BCUT2D eigenvalue weighted by Gasteiger charge is -2.36. The summed E-state index contributed by atoms with van der Waals surface area (Å²) in [4.78, 5) is 2.38. The largest absolute Gasteiger partial charge is 0.497 e. The summed E-state index contributed by atoms with van der Waals surface area (Å²) in [5.41, 5.74) is 3.89. The van der Waals surface area contributed by atoms with Gasteiger partial charge in [0.15, 0.2) is 11.5 Å². The molecule has 1 fully saturated rings. The number of rotatable bonds is 2. The molecule has 1 spiro atoms. The van der Waals surface area contributed by atoms with E-state index in [0.29, 0.717) is 0 Å². The van der Waals surface area contributed by atoms with E-state index >= 15 is 0 Å². The lowest BCUT2D eigenvalue weighted by Crippen LogP contribution is -2.38. The Morgan fingerprint density at radius 3 is 2.79 bits per heavy atom. The predicted molar refractivity (Wildman–Crippen MR) is 90.5 cm³/mol. The quantitative estimate of drug-likeness (QED) is 0.726. The molecule has 3 heterocycles. The Morgan fingerprint density at radius 1 is 1.12 bits per heavy atom. The minimum atomic E-state index is 0.265. The fourth-order valence-electron chi connectivity index (χ4n) is 3.82. The van der Waals surface area contributed by atoms with E-state index in [9.17, 15) is 0 Å². The molecule has 24 heavy (non-hydrogen) atoms. The monoisotopic (exact) mass is 321 g/mol. The predicted octanol–water partition coefficient (Wildman–Crippen LogP) is 2.49. The van der Waals surface area contributed by atoms with E-state index in [1.165, 1.54) is 24.0 Å². The van der Waals surface area contributed by atoms with Gasteiger partial charge in [-0.25, -0.2) is 0 Å². The van der Waals surface area contributed by atoms with E-state index in [2.05, 4.69) is 33.3 Å². The molecule has 1 aliphatic carbocycles. The fraction of sp³-hybridized carbons (Fsp3) is 0.389. The molecule has 122 valence electrons. The number of methoxy groups -OCH3 is 1. The normalized spacial score (nSPS) is 18.0. The molecule has 1 aromatic carbocycles. The summed E-state index contributed by atoms with van der Waals surface area (Å²) in [6.45, 7) is 3.81. The molecular formula is C18H19N5O. The number of fused-ring (bicyclic) bond motifs is 3. The maximum atomic E-state index is 5.42. The summed E-state index contributed by atoms with van der Waals surface area (Å²) in [6, 6.07) is 10.5. The van der Waals surface area contributed by atoms with E-state index in [1.54, 1.807) is 7.11 Å². The molecule has 0 amide bonds. The third-order valence-corrected chi connectivity index (χ3v) is 5.33. The van der Waals surface area contributed by atoms with Crippen molar-refractivity contribution in [3.8, 4) is 5.75 Å². The highest BCUT2D eigenvalue weighted by Crippen LogP contribution is 2.53. The number of anilines is 1. The van der Waals surface area contributed by atoms with Crippen LogP contribution in [0.4, 0.5) is 5.82 Å². The number of hydrogen-bond acceptors (Lipinski definition) is 5. The van der Waals surface area contributed by atoms with Crippen molar-refractivity contribution < 1.29 is 4.74 Å². The first-order valence-electron chi connectivity index (χ1n) is 8.30. The first-order valence-corrected chi connectivity index (χ1v) is 8.30. The second-order valence-electron chi connectivity index (χ2n) is 6.87. The van der Waals surface area contributed by atoms with Crippen LogP contribution in [0.25, 0.3) is 5.65 Å². The molecule has 0 atom stereocenters. The molecule has 1 saturated carbocycles. The van der Waals surface area contributed by atoms with E-state index in [0.717, 1.165) is 36.1 Å². The zero-order chi connectivity index (χ0) is 16.3. The number of benzene rings is 1. The van der Waals surface area contributed by atoms with Gasteiger partial charge in [0.2, 0.25) is 0 Å². The Kier molecular flexibility index (Phi) is 2.69. The minimum Gasteiger partial charge on any atom is -0.497 e. The minimum absolute atomic E-state index is 0.265. The molecule has 6 heteroatoms. The number of hydrogen-bond donors (Lipinski definition) is 0. The van der Waals surface area contributed by atoms with Crippen LogP contribution in [0, 0.1) is 6.92 Å². The maximum Gasteiger partial charge on any atom is 0.178 e. The van der Waals surface area contributed by atoms with Crippen LogP contribution in [0.15, 0.2) is 30.3 Å². The van der Waals surface area contributed by atoms with Crippen LogP contribution < -0.4 is 9.64 Å².